The molecule has 8 aromatic rings. The topological polar surface area (TPSA) is 51.6 Å². The van der Waals surface area contributed by atoms with E-state index in [4.69, 9.17) is 17.5 Å². The third-order valence-corrected chi connectivity index (χ3v) is 24.8. The highest BCUT2D eigenvalue weighted by atomic mass is 32.1. The summed E-state index contributed by atoms with van der Waals surface area (Å²) in [5, 5.41) is 2.29. The molecule has 0 N–H and O–H groups in total. The number of fused-ring (bicyclic) bond motifs is 5. The Kier molecular flexibility index (Phi) is 31.6. The van der Waals surface area contributed by atoms with Crippen molar-refractivity contribution < 1.29 is 0 Å². The minimum absolute atomic E-state index is 0.842. The number of rotatable bonds is 48. The van der Waals surface area contributed by atoms with Gasteiger partial charge in [0.05, 0.1) is 23.5 Å². The SMILES string of the molecule is CCCCCCCCCCC(CCCCCCCCCC)CCCc1cc(-c2cc3c(cc(-c4cc(CCCC(CCCCCCCCCC)CCCCCCCCCC)c(-c5ccc(C)s5)s4)c4nsnc43)c3nsnc23)sc1-c1ccc(C)s1. The van der Waals surface area contributed by atoms with Crippen LogP contribution in [0.3, 0.4) is 0 Å². The van der Waals surface area contributed by atoms with E-state index in [2.05, 4.69) is 90.1 Å². The van der Waals surface area contributed by atoms with Crippen LogP contribution in [0.1, 0.15) is 305 Å². The molecule has 0 saturated heterocycles. The van der Waals surface area contributed by atoms with Gasteiger partial charge in [0, 0.05) is 60.9 Å². The Morgan fingerprint density at radius 2 is 0.593 bits per heavy atom. The van der Waals surface area contributed by atoms with E-state index in [1.807, 2.05) is 45.3 Å². The molecule has 0 aliphatic heterocycles. The van der Waals surface area contributed by atoms with Crippen LogP contribution in [0.5, 0.6) is 0 Å². The number of hydrogen-bond acceptors (Lipinski definition) is 10. The second-order valence-corrected chi connectivity index (χ2v) is 31.9. The molecular formula is C76H112N4S6. The third kappa shape index (κ3) is 21.7. The number of aryl methyl sites for hydroxylation is 4. The van der Waals surface area contributed by atoms with Gasteiger partial charge in [0.15, 0.2) is 0 Å². The molecule has 0 fully saturated rings. The Morgan fingerprint density at radius 1 is 0.302 bits per heavy atom. The molecule has 0 unspecified atom stereocenters. The molecule has 0 radical (unpaired) electrons. The maximum absolute atomic E-state index is 5.14. The number of hydrogen-bond donors (Lipinski definition) is 0. The van der Waals surface area contributed by atoms with Crippen molar-refractivity contribution in [2.45, 2.75) is 311 Å². The zero-order chi connectivity index (χ0) is 60.0. The van der Waals surface area contributed by atoms with Crippen molar-refractivity contribution in [3.8, 4) is 40.4 Å². The van der Waals surface area contributed by atoms with Gasteiger partial charge >= 0.3 is 0 Å². The van der Waals surface area contributed by atoms with Crippen molar-refractivity contribution in [2.24, 2.45) is 11.8 Å². The van der Waals surface area contributed by atoms with Crippen LogP contribution in [-0.4, -0.2) is 17.5 Å². The van der Waals surface area contributed by atoms with E-state index in [9.17, 15) is 0 Å². The molecule has 10 heteroatoms. The number of benzene rings is 2. The normalized spacial score (nSPS) is 12.1. The highest BCUT2D eigenvalue weighted by Gasteiger charge is 2.24. The zero-order valence-corrected chi connectivity index (χ0v) is 59.6. The van der Waals surface area contributed by atoms with Gasteiger partial charge in [-0.2, -0.15) is 17.5 Å². The predicted molar refractivity (Wildman–Crippen MR) is 390 cm³/mol. The lowest BCUT2D eigenvalue weighted by atomic mass is 9.89. The van der Waals surface area contributed by atoms with Crippen molar-refractivity contribution in [3.63, 3.8) is 0 Å². The van der Waals surface area contributed by atoms with Gasteiger partial charge in [-0.25, -0.2) is 0 Å². The average molecular weight is 1270 g/mol. The number of nitrogens with zero attached hydrogens (tertiary/aromatic N) is 4. The van der Waals surface area contributed by atoms with E-state index in [0.717, 1.165) is 57.5 Å². The molecule has 0 aliphatic carbocycles. The van der Waals surface area contributed by atoms with E-state index in [1.165, 1.54) is 342 Å². The van der Waals surface area contributed by atoms with Gasteiger partial charge < -0.3 is 0 Å². The van der Waals surface area contributed by atoms with Crippen LogP contribution in [0.4, 0.5) is 0 Å². The molecule has 0 spiro atoms. The first-order valence-electron chi connectivity index (χ1n) is 35.6. The van der Waals surface area contributed by atoms with Crippen molar-refractivity contribution in [1.82, 2.24) is 17.5 Å². The molecule has 2 aromatic carbocycles. The smallest absolute Gasteiger partial charge is 0.114 e. The Labute approximate surface area is 547 Å². The Balaban J connectivity index is 1.01. The molecule has 6 aromatic heterocycles. The van der Waals surface area contributed by atoms with Crippen LogP contribution in [0.25, 0.3) is 73.2 Å². The quantitative estimate of drug-likeness (QED) is 0.0357. The fourth-order valence-corrected chi connectivity index (χ4v) is 19.4. The van der Waals surface area contributed by atoms with Crippen LogP contribution < -0.4 is 0 Å². The lowest BCUT2D eigenvalue weighted by molar-refractivity contribution is 0.372. The van der Waals surface area contributed by atoms with Crippen LogP contribution in [0, 0.1) is 25.7 Å². The molecule has 472 valence electrons. The zero-order valence-electron chi connectivity index (χ0n) is 54.7. The van der Waals surface area contributed by atoms with Gasteiger partial charge in [0.1, 0.15) is 22.1 Å². The first kappa shape index (κ1) is 69.0. The van der Waals surface area contributed by atoms with Crippen LogP contribution in [0.15, 0.2) is 48.5 Å². The molecule has 86 heavy (non-hydrogen) atoms. The minimum atomic E-state index is 0.842. The molecule has 4 nitrogen and oxygen atoms in total. The third-order valence-electron chi connectivity index (χ3n) is 18.9. The van der Waals surface area contributed by atoms with Crippen molar-refractivity contribution in [1.29, 1.82) is 0 Å². The van der Waals surface area contributed by atoms with Crippen LogP contribution in [-0.2, 0) is 12.8 Å². The lowest BCUT2D eigenvalue weighted by Gasteiger charge is -2.17. The lowest BCUT2D eigenvalue weighted by Crippen LogP contribution is -2.02. The summed E-state index contributed by atoms with van der Waals surface area (Å²) in [5.74, 6) is 1.68. The van der Waals surface area contributed by atoms with Gasteiger partial charge in [-0.3, -0.25) is 0 Å². The number of aromatic nitrogens is 4. The molecule has 0 aliphatic rings. The van der Waals surface area contributed by atoms with Gasteiger partial charge in [-0.1, -0.05) is 272 Å². The first-order chi connectivity index (χ1) is 42.4. The monoisotopic (exact) mass is 1270 g/mol. The van der Waals surface area contributed by atoms with Gasteiger partial charge in [-0.05, 0) is 111 Å². The van der Waals surface area contributed by atoms with Crippen molar-refractivity contribution in [3.05, 3.63) is 69.4 Å². The number of unbranched alkanes of at least 4 members (excludes halogenated alkanes) is 28. The summed E-state index contributed by atoms with van der Waals surface area (Å²) < 4.78 is 20.6. The Morgan fingerprint density at radius 3 is 0.895 bits per heavy atom. The van der Waals surface area contributed by atoms with Crippen molar-refractivity contribution in [2.75, 3.05) is 0 Å². The molecular weight excluding hydrogens is 1160 g/mol. The maximum atomic E-state index is 5.14. The van der Waals surface area contributed by atoms with Crippen LogP contribution >= 0.6 is 68.8 Å². The summed E-state index contributed by atoms with van der Waals surface area (Å²) in [4.78, 5) is 11.0. The van der Waals surface area contributed by atoms with E-state index in [-0.39, 0.29) is 0 Å². The first-order valence-corrected chi connectivity index (χ1v) is 40.4. The predicted octanol–water partition coefficient (Wildman–Crippen LogP) is 28.4. The summed E-state index contributed by atoms with van der Waals surface area (Å²) in [7, 11) is 0. The second kappa shape index (κ2) is 39.4. The van der Waals surface area contributed by atoms with Crippen LogP contribution in [0.2, 0.25) is 0 Å². The molecule has 0 saturated carbocycles. The Bertz CT molecular complexity index is 2860. The fourth-order valence-electron chi connectivity index (χ4n) is 13.8. The fraction of sp³-hybridized carbons (Fsp3) is 0.658. The van der Waals surface area contributed by atoms with Gasteiger partial charge in [0.2, 0.25) is 0 Å². The van der Waals surface area contributed by atoms with E-state index in [1.54, 1.807) is 0 Å². The largest absolute Gasteiger partial charge is 0.172 e. The Hall–Kier alpha value is -2.86. The standard InChI is InChI=1S/C76H112N4S6/c1-7-11-15-19-23-27-31-35-41-59(42-36-32-28-24-20-16-12-8-2)45-39-47-61-53-69(83-75(61)67-51-49-57(5)81-67)65-55-63-64(71-73(65)79-85-77-71)56-66(74-72(63)78-86-80-74)70-54-62(76(84-70)68-52-50-58(6)82-68)48-40-46-60(43-37-33-29-25-21-17-13-9-3)44-38-34-30-26-22-18-14-10-4/h49-56,59-60H,7-48H2,1-6H3. The minimum Gasteiger partial charge on any atom is -0.172 e. The number of thiophene rings is 4. The summed E-state index contributed by atoms with van der Waals surface area (Å²) in [6, 6.07) is 19.3. The highest BCUT2D eigenvalue weighted by molar-refractivity contribution is 7.24. The summed E-state index contributed by atoms with van der Waals surface area (Å²) in [6.45, 7) is 13.8. The van der Waals surface area contributed by atoms with Gasteiger partial charge in [-0.15, -0.1) is 45.3 Å². The molecule has 0 amide bonds. The summed E-state index contributed by atoms with van der Waals surface area (Å²) >= 11 is 10.5. The van der Waals surface area contributed by atoms with Gasteiger partial charge in [0.25, 0.3) is 0 Å². The second-order valence-electron chi connectivity index (χ2n) is 26.2. The van der Waals surface area contributed by atoms with E-state index >= 15 is 0 Å². The highest BCUT2D eigenvalue weighted by Crippen LogP contribution is 2.49. The van der Waals surface area contributed by atoms with E-state index < -0.39 is 0 Å². The van der Waals surface area contributed by atoms with Crippen molar-refractivity contribution >= 4 is 102 Å². The molecule has 0 bridgehead atoms. The summed E-state index contributed by atoms with van der Waals surface area (Å²) in [5.41, 5.74) is 9.41. The molecule has 0 atom stereocenters. The molecule has 6 heterocycles. The van der Waals surface area contributed by atoms with E-state index in [0.29, 0.717) is 0 Å². The summed E-state index contributed by atoms with van der Waals surface area (Å²) in [6.07, 6.45) is 58.0. The molecule has 8 rings (SSSR count). The average Bonchev–Trinajstić information content (AvgIpc) is 1.57. The maximum Gasteiger partial charge on any atom is 0.114 e.